The minimum absolute atomic E-state index is 0.314. The molecule has 0 saturated carbocycles. The molecule has 1 aliphatic heterocycles. The number of hydrogen-bond acceptors (Lipinski definition) is 4. The van der Waals surface area contributed by atoms with Crippen molar-refractivity contribution >= 4 is 0 Å². The Morgan fingerprint density at radius 1 is 1.43 bits per heavy atom. The number of nitrogens with zero attached hydrogens (tertiary/aromatic N) is 2. The van der Waals surface area contributed by atoms with Gasteiger partial charge in [-0.25, -0.2) is 0 Å². The molecule has 0 bridgehead atoms. The maximum absolute atomic E-state index is 9.61. The molecule has 1 aromatic heterocycles. The van der Waals surface area contributed by atoms with Crippen molar-refractivity contribution in [3.8, 4) is 0 Å². The van der Waals surface area contributed by atoms with Crippen LogP contribution in [-0.4, -0.2) is 44.4 Å². The van der Waals surface area contributed by atoms with Gasteiger partial charge >= 0.3 is 0 Å². The fraction of sp³-hybridized carbons (Fsp3) is 0.667. The maximum atomic E-state index is 9.61. The summed E-state index contributed by atoms with van der Waals surface area (Å²) in [6, 6.07) is 1.81. The molecule has 0 aromatic carbocycles. The summed E-state index contributed by atoms with van der Waals surface area (Å²) < 4.78 is 7.08. The van der Waals surface area contributed by atoms with Gasteiger partial charge in [-0.15, -0.1) is 0 Å². The highest BCUT2D eigenvalue weighted by Crippen LogP contribution is 2.21. The van der Waals surface area contributed by atoms with E-state index in [1.165, 1.54) is 0 Å². The fourth-order valence-corrected chi connectivity index (χ4v) is 1.68. The Hall–Kier alpha value is -0.910. The zero-order valence-electron chi connectivity index (χ0n) is 7.95. The van der Waals surface area contributed by atoms with Crippen molar-refractivity contribution < 1.29 is 14.9 Å². The first-order valence-electron chi connectivity index (χ1n) is 4.67. The van der Waals surface area contributed by atoms with E-state index in [1.54, 1.807) is 30.1 Å². The average molecular weight is 198 g/mol. The van der Waals surface area contributed by atoms with E-state index < -0.39 is 12.2 Å². The lowest BCUT2D eigenvalue weighted by molar-refractivity contribution is 0.00411. The number of hydrogen-bond donors (Lipinski definition) is 2. The van der Waals surface area contributed by atoms with Crippen LogP contribution in [-0.2, 0) is 11.3 Å². The first-order valence-corrected chi connectivity index (χ1v) is 4.67. The first-order chi connectivity index (χ1) is 6.68. The third-order valence-corrected chi connectivity index (χ3v) is 2.53. The SMILES string of the molecule is C[C@@H]1O[C@H](Cn2cccn2)[C@@H](O)[C@H]1O. The fourth-order valence-electron chi connectivity index (χ4n) is 1.68. The number of aromatic nitrogens is 2. The minimum Gasteiger partial charge on any atom is -0.388 e. The van der Waals surface area contributed by atoms with Gasteiger partial charge in [0.25, 0.3) is 0 Å². The summed E-state index contributed by atoms with van der Waals surface area (Å²) in [4.78, 5) is 0. The lowest BCUT2D eigenvalue weighted by Gasteiger charge is -2.14. The zero-order chi connectivity index (χ0) is 10.1. The standard InChI is InChI=1S/C9H14N2O3/c1-6-8(12)9(13)7(14-6)5-11-4-2-3-10-11/h2-4,6-9,12-13H,5H2,1H3/t6-,7+,8-,9+/m0/s1. The van der Waals surface area contributed by atoms with Crippen LogP contribution in [0.4, 0.5) is 0 Å². The third-order valence-electron chi connectivity index (χ3n) is 2.53. The molecule has 5 heteroatoms. The van der Waals surface area contributed by atoms with Crippen molar-refractivity contribution in [2.75, 3.05) is 0 Å². The number of ether oxygens (including phenoxy) is 1. The van der Waals surface area contributed by atoms with E-state index in [2.05, 4.69) is 5.10 Å². The van der Waals surface area contributed by atoms with Gasteiger partial charge in [0.05, 0.1) is 12.6 Å². The number of aliphatic hydroxyl groups excluding tert-OH is 2. The molecule has 1 saturated heterocycles. The number of aliphatic hydroxyl groups is 2. The molecule has 4 atom stereocenters. The van der Waals surface area contributed by atoms with Gasteiger partial charge in [0, 0.05) is 12.4 Å². The molecular formula is C9H14N2O3. The summed E-state index contributed by atoms with van der Waals surface area (Å²) >= 11 is 0. The van der Waals surface area contributed by atoms with Gasteiger partial charge < -0.3 is 14.9 Å². The van der Waals surface area contributed by atoms with Gasteiger partial charge in [0.2, 0.25) is 0 Å². The highest BCUT2D eigenvalue weighted by molar-refractivity contribution is 4.89. The molecular weight excluding hydrogens is 184 g/mol. The summed E-state index contributed by atoms with van der Waals surface area (Å²) in [6.45, 7) is 2.21. The van der Waals surface area contributed by atoms with Gasteiger partial charge in [0.1, 0.15) is 18.3 Å². The van der Waals surface area contributed by atoms with E-state index >= 15 is 0 Å². The van der Waals surface area contributed by atoms with Crippen LogP contribution in [0.25, 0.3) is 0 Å². The molecule has 0 radical (unpaired) electrons. The molecule has 14 heavy (non-hydrogen) atoms. The van der Waals surface area contributed by atoms with Crippen LogP contribution in [0.1, 0.15) is 6.92 Å². The molecule has 2 heterocycles. The highest BCUT2D eigenvalue weighted by atomic mass is 16.5. The topological polar surface area (TPSA) is 67.5 Å². The minimum atomic E-state index is -0.825. The molecule has 2 rings (SSSR count). The van der Waals surface area contributed by atoms with Crippen LogP contribution in [0.2, 0.25) is 0 Å². The van der Waals surface area contributed by atoms with Gasteiger partial charge in [-0.2, -0.15) is 5.10 Å². The molecule has 78 valence electrons. The Balaban J connectivity index is 2.00. The summed E-state index contributed by atoms with van der Waals surface area (Å²) in [5, 5.41) is 23.1. The van der Waals surface area contributed by atoms with E-state index in [0.29, 0.717) is 6.54 Å². The van der Waals surface area contributed by atoms with E-state index in [-0.39, 0.29) is 12.2 Å². The van der Waals surface area contributed by atoms with Gasteiger partial charge in [-0.05, 0) is 13.0 Å². The van der Waals surface area contributed by atoms with Gasteiger partial charge in [-0.1, -0.05) is 0 Å². The lowest BCUT2D eigenvalue weighted by Crippen LogP contribution is -2.33. The highest BCUT2D eigenvalue weighted by Gasteiger charge is 2.40. The van der Waals surface area contributed by atoms with Crippen LogP contribution in [0.15, 0.2) is 18.5 Å². The van der Waals surface area contributed by atoms with Crippen molar-refractivity contribution in [1.82, 2.24) is 9.78 Å². The second-order valence-electron chi connectivity index (χ2n) is 3.59. The van der Waals surface area contributed by atoms with Crippen LogP contribution >= 0.6 is 0 Å². The molecule has 0 unspecified atom stereocenters. The van der Waals surface area contributed by atoms with E-state index in [9.17, 15) is 10.2 Å². The van der Waals surface area contributed by atoms with Crippen molar-refractivity contribution in [2.45, 2.75) is 37.9 Å². The van der Waals surface area contributed by atoms with E-state index in [4.69, 9.17) is 4.74 Å². The molecule has 0 spiro atoms. The van der Waals surface area contributed by atoms with Crippen LogP contribution in [0.5, 0.6) is 0 Å². The Morgan fingerprint density at radius 2 is 2.21 bits per heavy atom. The average Bonchev–Trinajstić information content (AvgIpc) is 2.73. The Morgan fingerprint density at radius 3 is 2.71 bits per heavy atom. The molecule has 2 N–H and O–H groups in total. The normalized spacial score (nSPS) is 37.6. The Kier molecular flexibility index (Phi) is 2.54. The van der Waals surface area contributed by atoms with Crippen LogP contribution < -0.4 is 0 Å². The third kappa shape index (κ3) is 1.66. The molecule has 1 aromatic rings. The quantitative estimate of drug-likeness (QED) is 0.665. The monoisotopic (exact) mass is 198 g/mol. The largest absolute Gasteiger partial charge is 0.388 e. The number of rotatable bonds is 2. The van der Waals surface area contributed by atoms with Crippen molar-refractivity contribution in [2.24, 2.45) is 0 Å². The molecule has 5 nitrogen and oxygen atoms in total. The van der Waals surface area contributed by atoms with E-state index in [1.807, 2.05) is 0 Å². The zero-order valence-corrected chi connectivity index (χ0v) is 7.95. The summed E-state index contributed by atoms with van der Waals surface area (Å²) in [6.07, 6.45) is 1.15. The molecule has 0 amide bonds. The second kappa shape index (κ2) is 3.68. The maximum Gasteiger partial charge on any atom is 0.110 e. The predicted molar refractivity (Wildman–Crippen MR) is 48.6 cm³/mol. The molecule has 1 fully saturated rings. The summed E-state index contributed by atoms with van der Waals surface area (Å²) in [5.74, 6) is 0. The Bertz CT molecular complexity index is 288. The summed E-state index contributed by atoms with van der Waals surface area (Å²) in [7, 11) is 0. The van der Waals surface area contributed by atoms with Crippen LogP contribution in [0, 0.1) is 0 Å². The van der Waals surface area contributed by atoms with Crippen molar-refractivity contribution in [3.05, 3.63) is 18.5 Å². The lowest BCUT2D eigenvalue weighted by atomic mass is 10.1. The van der Waals surface area contributed by atoms with Gasteiger partial charge in [0.15, 0.2) is 0 Å². The van der Waals surface area contributed by atoms with Crippen LogP contribution in [0.3, 0.4) is 0 Å². The van der Waals surface area contributed by atoms with Gasteiger partial charge in [-0.3, -0.25) is 4.68 Å². The Labute approximate surface area is 81.9 Å². The second-order valence-corrected chi connectivity index (χ2v) is 3.59. The first kappa shape index (κ1) is 9.64. The summed E-state index contributed by atoms with van der Waals surface area (Å²) in [5.41, 5.74) is 0. The molecule has 1 aliphatic rings. The van der Waals surface area contributed by atoms with Crippen molar-refractivity contribution in [3.63, 3.8) is 0 Å². The molecule has 0 aliphatic carbocycles. The predicted octanol–water partition coefficient (Wildman–Crippen LogP) is -0.608. The smallest absolute Gasteiger partial charge is 0.110 e. The van der Waals surface area contributed by atoms with E-state index in [0.717, 1.165) is 0 Å². The van der Waals surface area contributed by atoms with Crippen molar-refractivity contribution in [1.29, 1.82) is 0 Å².